The molecule has 0 bridgehead atoms. The van der Waals surface area contributed by atoms with Crippen molar-refractivity contribution in [3.05, 3.63) is 29.8 Å². The van der Waals surface area contributed by atoms with Gasteiger partial charge in [-0.3, -0.25) is 0 Å². The van der Waals surface area contributed by atoms with Crippen LogP contribution >= 0.6 is 0 Å². The van der Waals surface area contributed by atoms with Gasteiger partial charge in [-0.2, -0.15) is 17.5 Å². The maximum Gasteiger partial charge on any atom is 0.402 e. The van der Waals surface area contributed by atoms with Crippen molar-refractivity contribution >= 4 is 15.7 Å². The first-order chi connectivity index (χ1) is 8.10. The highest BCUT2D eigenvalue weighted by atomic mass is 32.2. The average Bonchev–Trinajstić information content (AvgIpc) is 2.18. The minimum Gasteiger partial charge on any atom is -0.399 e. The topological polar surface area (TPSA) is 63.4 Å². The van der Waals surface area contributed by atoms with E-state index in [0.29, 0.717) is 15.6 Å². The molecule has 0 radical (unpaired) electrons. The van der Waals surface area contributed by atoms with Gasteiger partial charge in [0, 0.05) is 12.7 Å². The highest BCUT2D eigenvalue weighted by molar-refractivity contribution is 7.88. The summed E-state index contributed by atoms with van der Waals surface area (Å²) in [5.74, 6) is -0.486. The monoisotopic (exact) mass is 282 g/mol. The number of hydrogen-bond acceptors (Lipinski definition) is 3. The van der Waals surface area contributed by atoms with Crippen LogP contribution in [-0.2, 0) is 15.8 Å². The second-order valence-corrected chi connectivity index (χ2v) is 5.94. The van der Waals surface area contributed by atoms with Crippen LogP contribution in [0.4, 0.5) is 18.9 Å². The molecule has 1 rings (SSSR count). The third-order valence-electron chi connectivity index (χ3n) is 2.21. The molecule has 1 aromatic carbocycles. The molecule has 0 aliphatic heterocycles. The Morgan fingerprint density at radius 2 is 1.72 bits per heavy atom. The van der Waals surface area contributed by atoms with E-state index in [1.165, 1.54) is 24.3 Å². The number of anilines is 1. The van der Waals surface area contributed by atoms with Crippen LogP contribution in [0.1, 0.15) is 5.56 Å². The molecule has 4 nitrogen and oxygen atoms in total. The quantitative estimate of drug-likeness (QED) is 0.853. The SMILES string of the molecule is CN(CC(F)(F)F)S(=O)(=O)Cc1ccc(N)cc1. The van der Waals surface area contributed by atoms with Gasteiger partial charge in [-0.05, 0) is 17.7 Å². The minimum atomic E-state index is -4.55. The van der Waals surface area contributed by atoms with E-state index in [4.69, 9.17) is 5.73 Å². The largest absolute Gasteiger partial charge is 0.402 e. The van der Waals surface area contributed by atoms with Crippen molar-refractivity contribution in [1.82, 2.24) is 4.31 Å². The van der Waals surface area contributed by atoms with Gasteiger partial charge in [-0.15, -0.1) is 0 Å². The molecule has 2 N–H and O–H groups in total. The summed E-state index contributed by atoms with van der Waals surface area (Å²) in [5.41, 5.74) is 6.27. The average molecular weight is 282 g/mol. The van der Waals surface area contributed by atoms with E-state index in [1.54, 1.807) is 0 Å². The fraction of sp³-hybridized carbons (Fsp3) is 0.400. The normalized spacial score (nSPS) is 12.9. The number of nitrogens with zero attached hydrogens (tertiary/aromatic N) is 1. The van der Waals surface area contributed by atoms with Gasteiger partial charge in [-0.1, -0.05) is 12.1 Å². The fourth-order valence-electron chi connectivity index (χ4n) is 1.29. The van der Waals surface area contributed by atoms with Crippen molar-refractivity contribution in [3.63, 3.8) is 0 Å². The first-order valence-corrected chi connectivity index (χ1v) is 6.56. The Hall–Kier alpha value is -1.28. The number of nitrogens with two attached hydrogens (primary N) is 1. The molecule has 0 aliphatic carbocycles. The number of halogens is 3. The summed E-state index contributed by atoms with van der Waals surface area (Å²) in [7, 11) is -3.08. The van der Waals surface area contributed by atoms with E-state index in [2.05, 4.69) is 0 Å². The van der Waals surface area contributed by atoms with Gasteiger partial charge in [0.05, 0.1) is 5.75 Å². The second kappa shape index (κ2) is 5.15. The lowest BCUT2D eigenvalue weighted by Crippen LogP contribution is -2.36. The summed E-state index contributed by atoms with van der Waals surface area (Å²) in [6.45, 7) is -1.50. The molecule has 0 amide bonds. The van der Waals surface area contributed by atoms with Crippen LogP contribution in [0.2, 0.25) is 0 Å². The van der Waals surface area contributed by atoms with Crippen LogP contribution in [0, 0.1) is 0 Å². The van der Waals surface area contributed by atoms with Gasteiger partial charge in [-0.25, -0.2) is 8.42 Å². The van der Waals surface area contributed by atoms with Crippen molar-refractivity contribution < 1.29 is 21.6 Å². The van der Waals surface area contributed by atoms with Crippen LogP contribution in [-0.4, -0.2) is 32.5 Å². The van der Waals surface area contributed by atoms with Crippen molar-refractivity contribution in [3.8, 4) is 0 Å². The number of rotatable bonds is 4. The summed E-state index contributed by atoms with van der Waals surface area (Å²) in [5, 5.41) is 0. The lowest BCUT2D eigenvalue weighted by molar-refractivity contribution is -0.134. The standard InChI is InChI=1S/C10H13F3N2O2S/c1-15(7-10(11,12)13)18(16,17)6-8-2-4-9(14)5-3-8/h2-5H,6-7,14H2,1H3. The summed E-state index contributed by atoms with van der Waals surface area (Å²) >= 11 is 0. The van der Waals surface area contributed by atoms with E-state index in [1.807, 2.05) is 0 Å². The van der Waals surface area contributed by atoms with Crippen molar-refractivity contribution in [1.29, 1.82) is 0 Å². The second-order valence-electron chi connectivity index (χ2n) is 3.87. The Labute approximate surface area is 103 Å². The first-order valence-electron chi connectivity index (χ1n) is 4.95. The molecule has 0 saturated heterocycles. The zero-order valence-electron chi connectivity index (χ0n) is 9.61. The fourth-order valence-corrected chi connectivity index (χ4v) is 2.46. The third kappa shape index (κ3) is 4.53. The molecule has 0 aliphatic rings. The number of alkyl halides is 3. The van der Waals surface area contributed by atoms with Gasteiger partial charge in [0.2, 0.25) is 10.0 Å². The van der Waals surface area contributed by atoms with Crippen molar-refractivity contribution in [2.45, 2.75) is 11.9 Å². The van der Waals surface area contributed by atoms with Crippen molar-refractivity contribution in [2.75, 3.05) is 19.3 Å². The molecule has 1 aromatic rings. The van der Waals surface area contributed by atoms with Gasteiger partial charge < -0.3 is 5.73 Å². The van der Waals surface area contributed by atoms with Gasteiger partial charge in [0.15, 0.2) is 0 Å². The lowest BCUT2D eigenvalue weighted by atomic mass is 10.2. The van der Waals surface area contributed by atoms with E-state index in [0.717, 1.165) is 7.05 Å². The summed E-state index contributed by atoms with van der Waals surface area (Å²) in [6.07, 6.45) is -4.55. The van der Waals surface area contributed by atoms with E-state index in [-0.39, 0.29) is 0 Å². The Bertz CT molecular complexity index is 497. The van der Waals surface area contributed by atoms with Crippen molar-refractivity contribution in [2.24, 2.45) is 0 Å². The van der Waals surface area contributed by atoms with Crippen LogP contribution in [0.5, 0.6) is 0 Å². The maximum absolute atomic E-state index is 12.1. The van der Waals surface area contributed by atoms with Gasteiger partial charge in [0.25, 0.3) is 0 Å². The van der Waals surface area contributed by atoms with E-state index >= 15 is 0 Å². The molecular formula is C10H13F3N2O2S. The molecule has 0 heterocycles. The molecule has 18 heavy (non-hydrogen) atoms. The molecule has 0 atom stereocenters. The third-order valence-corrected chi connectivity index (χ3v) is 3.98. The predicted octanol–water partition coefficient (Wildman–Crippen LogP) is 1.59. The molecule has 0 unspecified atom stereocenters. The summed E-state index contributed by atoms with van der Waals surface area (Å²) < 4.78 is 59.9. The number of hydrogen-bond donors (Lipinski definition) is 1. The Kier molecular flexibility index (Phi) is 4.23. The van der Waals surface area contributed by atoms with E-state index in [9.17, 15) is 21.6 Å². The summed E-state index contributed by atoms with van der Waals surface area (Å²) in [4.78, 5) is 0. The van der Waals surface area contributed by atoms with Crippen LogP contribution in [0.15, 0.2) is 24.3 Å². The zero-order valence-corrected chi connectivity index (χ0v) is 10.4. The smallest absolute Gasteiger partial charge is 0.399 e. The molecule has 0 spiro atoms. The first kappa shape index (κ1) is 14.8. The van der Waals surface area contributed by atoms with Crippen LogP contribution in [0.3, 0.4) is 0 Å². The van der Waals surface area contributed by atoms with Crippen LogP contribution in [0.25, 0.3) is 0 Å². The van der Waals surface area contributed by atoms with E-state index < -0.39 is 28.5 Å². The zero-order chi connectivity index (χ0) is 14.0. The Morgan fingerprint density at radius 1 is 1.22 bits per heavy atom. The Morgan fingerprint density at radius 3 is 2.17 bits per heavy atom. The molecule has 8 heteroatoms. The van der Waals surface area contributed by atoms with Crippen LogP contribution < -0.4 is 5.73 Å². The number of nitrogen functional groups attached to an aromatic ring is 1. The maximum atomic E-state index is 12.1. The summed E-state index contributed by atoms with van der Waals surface area (Å²) in [6, 6.07) is 5.92. The predicted molar refractivity (Wildman–Crippen MR) is 62.2 cm³/mol. The molecule has 102 valence electrons. The Balaban J connectivity index is 2.79. The number of benzene rings is 1. The lowest BCUT2D eigenvalue weighted by Gasteiger charge is -2.18. The van der Waals surface area contributed by atoms with Gasteiger partial charge >= 0.3 is 6.18 Å². The highest BCUT2D eigenvalue weighted by Crippen LogP contribution is 2.19. The minimum absolute atomic E-state index is 0.295. The molecule has 0 saturated carbocycles. The number of sulfonamides is 1. The molecule has 0 fully saturated rings. The molecular weight excluding hydrogens is 269 g/mol. The van der Waals surface area contributed by atoms with Gasteiger partial charge in [0.1, 0.15) is 6.54 Å². The highest BCUT2D eigenvalue weighted by Gasteiger charge is 2.33. The molecule has 0 aromatic heterocycles.